The molecule has 0 bridgehead atoms. The summed E-state index contributed by atoms with van der Waals surface area (Å²) in [5.41, 5.74) is 3.23. The Morgan fingerprint density at radius 1 is 1.36 bits per heavy atom. The number of alkyl halides is 2. The van der Waals surface area contributed by atoms with E-state index in [1.807, 2.05) is 0 Å². The van der Waals surface area contributed by atoms with Crippen molar-refractivity contribution in [2.75, 3.05) is 5.32 Å². The standard InChI is InChI=1S/C18H14ClF3N4O2/c19-8-1-4-13(24-7-8)15(27)25-9-2-3-12(20)10(5-9)18(16(21)22)11-6-14(11)28-17(23)26-18/h1-5,7,11,14,16H,6H2,(H2,23,26)(H,25,27)/t11?,14-,18-/m1/s1. The van der Waals surface area contributed by atoms with Crippen LogP contribution in [0.25, 0.3) is 0 Å². The van der Waals surface area contributed by atoms with Crippen LogP contribution in [-0.2, 0) is 10.3 Å². The number of aromatic nitrogens is 1. The highest BCUT2D eigenvalue weighted by atomic mass is 35.5. The predicted octanol–water partition coefficient (Wildman–Crippen LogP) is 3.32. The highest BCUT2D eigenvalue weighted by Crippen LogP contribution is 2.56. The van der Waals surface area contributed by atoms with Crippen LogP contribution in [0.3, 0.4) is 0 Å². The van der Waals surface area contributed by atoms with E-state index in [9.17, 15) is 18.0 Å². The van der Waals surface area contributed by atoms with Crippen LogP contribution in [0.2, 0.25) is 5.02 Å². The predicted molar refractivity (Wildman–Crippen MR) is 95.9 cm³/mol. The number of aliphatic imine (C=N–C) groups is 1. The van der Waals surface area contributed by atoms with Gasteiger partial charge in [0.2, 0.25) is 0 Å². The molecule has 3 atom stereocenters. The van der Waals surface area contributed by atoms with Crippen molar-refractivity contribution < 1.29 is 22.7 Å². The van der Waals surface area contributed by atoms with Crippen LogP contribution < -0.4 is 11.1 Å². The minimum atomic E-state index is -3.01. The van der Waals surface area contributed by atoms with Gasteiger partial charge < -0.3 is 15.8 Å². The Labute approximate surface area is 162 Å². The summed E-state index contributed by atoms with van der Waals surface area (Å²) in [5.74, 6) is -2.16. The summed E-state index contributed by atoms with van der Waals surface area (Å²) >= 11 is 5.74. The first-order valence-corrected chi connectivity index (χ1v) is 8.72. The number of rotatable bonds is 4. The maximum Gasteiger partial charge on any atom is 0.283 e. The molecule has 2 aromatic rings. The molecule has 1 aliphatic heterocycles. The zero-order chi connectivity index (χ0) is 20.1. The molecule has 1 fully saturated rings. The fraction of sp³-hybridized carbons (Fsp3) is 0.278. The number of nitrogens with one attached hydrogen (secondary N) is 1. The van der Waals surface area contributed by atoms with Crippen molar-refractivity contribution >= 4 is 29.2 Å². The quantitative estimate of drug-likeness (QED) is 0.809. The molecule has 146 valence electrons. The van der Waals surface area contributed by atoms with Crippen LogP contribution in [0, 0.1) is 11.7 Å². The number of halogens is 4. The Bertz CT molecular complexity index is 970. The first kappa shape index (κ1) is 18.5. The molecule has 0 radical (unpaired) electrons. The van der Waals surface area contributed by atoms with Gasteiger partial charge in [0.25, 0.3) is 18.4 Å². The molecule has 1 aliphatic carbocycles. The van der Waals surface area contributed by atoms with Crippen molar-refractivity contribution in [1.29, 1.82) is 0 Å². The lowest BCUT2D eigenvalue weighted by molar-refractivity contribution is 0.0177. The van der Waals surface area contributed by atoms with E-state index >= 15 is 0 Å². The molecule has 4 rings (SSSR count). The Hall–Kier alpha value is -2.81. The summed E-state index contributed by atoms with van der Waals surface area (Å²) in [6, 6.07) is 5.90. The van der Waals surface area contributed by atoms with Gasteiger partial charge >= 0.3 is 0 Å². The Morgan fingerprint density at radius 3 is 2.82 bits per heavy atom. The molecule has 1 saturated carbocycles. The van der Waals surface area contributed by atoms with Crippen molar-refractivity contribution in [3.8, 4) is 0 Å². The molecule has 2 heterocycles. The summed E-state index contributed by atoms with van der Waals surface area (Å²) in [6.45, 7) is 0. The third kappa shape index (κ3) is 3.05. The van der Waals surface area contributed by atoms with E-state index in [0.29, 0.717) is 11.4 Å². The molecular formula is C18H14ClF3N4O2. The molecule has 28 heavy (non-hydrogen) atoms. The largest absolute Gasteiger partial charge is 0.462 e. The zero-order valence-electron chi connectivity index (χ0n) is 14.2. The average Bonchev–Trinajstić information content (AvgIpc) is 3.42. The topological polar surface area (TPSA) is 89.6 Å². The first-order chi connectivity index (χ1) is 13.3. The van der Waals surface area contributed by atoms with E-state index in [0.717, 1.165) is 12.1 Å². The monoisotopic (exact) mass is 410 g/mol. The number of hydrogen-bond acceptors (Lipinski definition) is 5. The second-order valence-corrected chi connectivity index (χ2v) is 7.02. The van der Waals surface area contributed by atoms with Crippen molar-refractivity contribution in [1.82, 2.24) is 4.98 Å². The molecule has 3 N–H and O–H groups in total. The maximum absolute atomic E-state index is 14.6. The molecule has 0 spiro atoms. The van der Waals surface area contributed by atoms with E-state index in [1.165, 1.54) is 24.4 Å². The van der Waals surface area contributed by atoms with Crippen molar-refractivity contribution in [3.63, 3.8) is 0 Å². The molecule has 0 saturated heterocycles. The first-order valence-electron chi connectivity index (χ1n) is 8.34. The van der Waals surface area contributed by atoms with Crippen LogP contribution in [0.15, 0.2) is 41.5 Å². The SMILES string of the molecule is NC1=N[C@@](c2cc(NC(=O)c3ccc(Cl)cn3)ccc2F)(C(F)F)C2C[C@H]2O1. The summed E-state index contributed by atoms with van der Waals surface area (Å²) in [4.78, 5) is 20.0. The molecule has 1 amide bonds. The minimum Gasteiger partial charge on any atom is -0.462 e. The number of pyridine rings is 1. The Kier molecular flexibility index (Phi) is 4.41. The third-order valence-corrected chi connectivity index (χ3v) is 5.04. The van der Waals surface area contributed by atoms with E-state index in [2.05, 4.69) is 15.3 Å². The van der Waals surface area contributed by atoms with Gasteiger partial charge in [0.05, 0.1) is 5.02 Å². The Morgan fingerprint density at radius 2 is 2.14 bits per heavy atom. The second kappa shape index (κ2) is 6.66. The number of fused-ring (bicyclic) bond motifs is 1. The van der Waals surface area contributed by atoms with Crippen LogP contribution in [0.4, 0.5) is 18.9 Å². The lowest BCUT2D eigenvalue weighted by Gasteiger charge is -2.33. The number of carbonyl (C=O) groups is 1. The van der Waals surface area contributed by atoms with Gasteiger partial charge in [-0.2, -0.15) is 0 Å². The average molecular weight is 411 g/mol. The third-order valence-electron chi connectivity index (χ3n) is 4.81. The highest BCUT2D eigenvalue weighted by molar-refractivity contribution is 6.30. The molecule has 10 heteroatoms. The Balaban J connectivity index is 1.70. The van der Waals surface area contributed by atoms with Gasteiger partial charge in [0, 0.05) is 23.4 Å². The van der Waals surface area contributed by atoms with E-state index in [4.69, 9.17) is 22.1 Å². The summed E-state index contributed by atoms with van der Waals surface area (Å²) in [5, 5.41) is 2.87. The van der Waals surface area contributed by atoms with Gasteiger partial charge in [-0.25, -0.2) is 23.1 Å². The zero-order valence-corrected chi connectivity index (χ0v) is 15.0. The van der Waals surface area contributed by atoms with E-state index in [1.54, 1.807) is 0 Å². The minimum absolute atomic E-state index is 0.0643. The number of carbonyl (C=O) groups excluding carboxylic acids is 1. The fourth-order valence-electron chi connectivity index (χ4n) is 3.42. The molecule has 2 aliphatic rings. The maximum atomic E-state index is 14.6. The summed E-state index contributed by atoms with van der Waals surface area (Å²) < 4.78 is 47.9. The number of anilines is 1. The number of hydrogen-bond donors (Lipinski definition) is 2. The number of ether oxygens (including phenoxy) is 1. The van der Waals surface area contributed by atoms with Gasteiger partial charge in [-0.1, -0.05) is 11.6 Å². The van der Waals surface area contributed by atoms with Crippen LogP contribution in [0.5, 0.6) is 0 Å². The van der Waals surface area contributed by atoms with Gasteiger partial charge in [0.15, 0.2) is 5.54 Å². The number of amides is 1. The van der Waals surface area contributed by atoms with Gasteiger partial charge in [0.1, 0.15) is 17.6 Å². The number of benzene rings is 1. The molecule has 6 nitrogen and oxygen atoms in total. The highest BCUT2D eigenvalue weighted by Gasteiger charge is 2.64. The fourth-order valence-corrected chi connectivity index (χ4v) is 3.53. The van der Waals surface area contributed by atoms with E-state index < -0.39 is 41.7 Å². The smallest absolute Gasteiger partial charge is 0.283 e. The lowest BCUT2D eigenvalue weighted by atomic mass is 9.84. The van der Waals surface area contributed by atoms with E-state index in [-0.39, 0.29) is 16.9 Å². The summed E-state index contributed by atoms with van der Waals surface area (Å²) in [7, 11) is 0. The van der Waals surface area contributed by atoms with Crippen LogP contribution >= 0.6 is 11.6 Å². The van der Waals surface area contributed by atoms with Crippen molar-refractivity contribution in [3.05, 3.63) is 58.6 Å². The van der Waals surface area contributed by atoms with Gasteiger partial charge in [-0.05, 0) is 36.8 Å². The van der Waals surface area contributed by atoms with Crippen LogP contribution in [-0.4, -0.2) is 29.4 Å². The number of nitrogens with zero attached hydrogens (tertiary/aromatic N) is 2. The molecular weight excluding hydrogens is 397 g/mol. The van der Waals surface area contributed by atoms with Crippen molar-refractivity contribution in [2.24, 2.45) is 16.6 Å². The van der Waals surface area contributed by atoms with Gasteiger partial charge in [-0.3, -0.25) is 4.79 Å². The molecule has 1 aromatic heterocycles. The second-order valence-electron chi connectivity index (χ2n) is 6.58. The molecule has 1 unspecified atom stereocenters. The normalized spacial score (nSPS) is 25.5. The van der Waals surface area contributed by atoms with Crippen molar-refractivity contribution in [2.45, 2.75) is 24.5 Å². The summed E-state index contributed by atoms with van der Waals surface area (Å²) in [6.07, 6.45) is -1.95. The number of nitrogens with two attached hydrogens (primary N) is 1. The number of amidine groups is 1. The molecule has 1 aromatic carbocycles. The van der Waals surface area contributed by atoms with Gasteiger partial charge in [-0.15, -0.1) is 0 Å². The lowest BCUT2D eigenvalue weighted by Crippen LogP contribution is -2.43. The van der Waals surface area contributed by atoms with Crippen LogP contribution in [0.1, 0.15) is 22.5 Å².